The normalized spacial score (nSPS) is 12.0. The molecule has 0 spiro atoms. The molecule has 3 aromatic rings. The molecule has 0 atom stereocenters. The van der Waals surface area contributed by atoms with E-state index < -0.39 is 0 Å². The van der Waals surface area contributed by atoms with Gasteiger partial charge in [-0.15, -0.1) is 0 Å². The molecule has 0 unspecified atom stereocenters. The smallest absolute Gasteiger partial charge is 0.0701 e. The lowest BCUT2D eigenvalue weighted by atomic mass is 9.99. The second-order valence-electron chi connectivity index (χ2n) is 6.40. The van der Waals surface area contributed by atoms with Gasteiger partial charge in [0.05, 0.1) is 11.9 Å². The number of nitrogens with one attached hydrogen (secondary N) is 2. The minimum absolute atomic E-state index is 0.0906. The fourth-order valence-electron chi connectivity index (χ4n) is 2.48. The molecule has 0 radical (unpaired) electrons. The Hall–Kier alpha value is -2.13. The van der Waals surface area contributed by atoms with E-state index in [9.17, 15) is 0 Å². The minimum atomic E-state index is 0.0906. The summed E-state index contributed by atoms with van der Waals surface area (Å²) in [5.74, 6) is 0. The summed E-state index contributed by atoms with van der Waals surface area (Å²) in [6.07, 6.45) is 1.91. The van der Waals surface area contributed by atoms with E-state index in [1.807, 2.05) is 6.20 Å². The predicted molar refractivity (Wildman–Crippen MR) is 88.1 cm³/mol. The van der Waals surface area contributed by atoms with Crippen molar-refractivity contribution in [3.8, 4) is 11.3 Å². The van der Waals surface area contributed by atoms with Gasteiger partial charge in [-0.25, -0.2) is 0 Å². The number of aromatic amines is 1. The lowest BCUT2D eigenvalue weighted by Gasteiger charge is -2.20. The third-order valence-electron chi connectivity index (χ3n) is 3.59. The summed E-state index contributed by atoms with van der Waals surface area (Å²) in [5, 5.41) is 13.4. The number of rotatable bonds is 3. The number of nitrogens with zero attached hydrogens (tertiary/aromatic N) is 1. The van der Waals surface area contributed by atoms with Crippen LogP contribution in [0, 0.1) is 0 Å². The van der Waals surface area contributed by atoms with Crippen LogP contribution < -0.4 is 5.32 Å². The number of fused-ring (bicyclic) bond motifs is 1. The largest absolute Gasteiger partial charge is 0.308 e. The molecule has 0 aliphatic carbocycles. The van der Waals surface area contributed by atoms with E-state index in [-0.39, 0.29) is 5.54 Å². The fourth-order valence-corrected chi connectivity index (χ4v) is 2.48. The van der Waals surface area contributed by atoms with Gasteiger partial charge in [0.25, 0.3) is 0 Å². The number of hydrogen-bond acceptors (Lipinski definition) is 2. The van der Waals surface area contributed by atoms with Crippen molar-refractivity contribution in [1.29, 1.82) is 0 Å². The first-order chi connectivity index (χ1) is 10.0. The van der Waals surface area contributed by atoms with E-state index in [1.165, 1.54) is 21.9 Å². The Morgan fingerprint density at radius 3 is 2.62 bits per heavy atom. The average Bonchev–Trinajstić information content (AvgIpc) is 2.92. The zero-order chi connectivity index (χ0) is 14.9. The third kappa shape index (κ3) is 2.98. The Labute approximate surface area is 125 Å². The van der Waals surface area contributed by atoms with Crippen LogP contribution in [0.15, 0.2) is 48.7 Å². The van der Waals surface area contributed by atoms with Crippen molar-refractivity contribution in [3.05, 3.63) is 54.2 Å². The molecular weight excluding hydrogens is 258 g/mol. The number of H-pyrrole nitrogens is 1. The van der Waals surface area contributed by atoms with E-state index >= 15 is 0 Å². The van der Waals surface area contributed by atoms with Crippen molar-refractivity contribution in [2.75, 3.05) is 0 Å². The Morgan fingerprint density at radius 2 is 1.81 bits per heavy atom. The first-order valence-corrected chi connectivity index (χ1v) is 7.30. The monoisotopic (exact) mass is 279 g/mol. The summed E-state index contributed by atoms with van der Waals surface area (Å²) < 4.78 is 0. The Bertz CT molecular complexity index is 745. The van der Waals surface area contributed by atoms with Crippen molar-refractivity contribution in [1.82, 2.24) is 15.5 Å². The lowest BCUT2D eigenvalue weighted by Crippen LogP contribution is -2.35. The van der Waals surface area contributed by atoms with Crippen LogP contribution in [0.5, 0.6) is 0 Å². The molecule has 0 saturated heterocycles. The summed E-state index contributed by atoms with van der Waals surface area (Å²) in [7, 11) is 0. The van der Waals surface area contributed by atoms with Gasteiger partial charge >= 0.3 is 0 Å². The molecule has 0 fully saturated rings. The molecule has 0 amide bonds. The standard InChI is InChI=1S/C18H21N3/c1-18(2,3)19-11-14-12-20-21-17(14)16-10-6-8-13-7-4-5-9-15(13)16/h4-10,12,19H,11H2,1-3H3,(H,20,21). The molecule has 2 N–H and O–H groups in total. The molecule has 3 heteroatoms. The van der Waals surface area contributed by atoms with Gasteiger partial charge in [-0.2, -0.15) is 5.10 Å². The first-order valence-electron chi connectivity index (χ1n) is 7.30. The topological polar surface area (TPSA) is 40.7 Å². The molecule has 0 aliphatic rings. The van der Waals surface area contributed by atoms with Crippen LogP contribution in [0.25, 0.3) is 22.0 Å². The zero-order valence-corrected chi connectivity index (χ0v) is 12.8. The van der Waals surface area contributed by atoms with E-state index in [2.05, 4.69) is 78.7 Å². The highest BCUT2D eigenvalue weighted by Gasteiger charge is 2.14. The predicted octanol–water partition coefficient (Wildman–Crippen LogP) is 4.12. The van der Waals surface area contributed by atoms with Crippen LogP contribution >= 0.6 is 0 Å². The molecule has 0 saturated carbocycles. The van der Waals surface area contributed by atoms with E-state index in [0.717, 1.165) is 12.2 Å². The van der Waals surface area contributed by atoms with E-state index in [4.69, 9.17) is 0 Å². The molecule has 2 aromatic carbocycles. The molecule has 3 rings (SSSR count). The maximum atomic E-state index is 4.24. The SMILES string of the molecule is CC(C)(C)NCc1cn[nH]c1-c1cccc2ccccc12. The molecule has 1 aromatic heterocycles. The number of hydrogen-bond donors (Lipinski definition) is 2. The van der Waals surface area contributed by atoms with Crippen LogP contribution in [-0.2, 0) is 6.54 Å². The van der Waals surface area contributed by atoms with Crippen molar-refractivity contribution < 1.29 is 0 Å². The maximum absolute atomic E-state index is 4.24. The Morgan fingerprint density at radius 1 is 1.05 bits per heavy atom. The van der Waals surface area contributed by atoms with Gasteiger partial charge in [-0.1, -0.05) is 42.5 Å². The molecule has 108 valence electrons. The van der Waals surface area contributed by atoms with Gasteiger partial charge in [-0.05, 0) is 31.5 Å². The second-order valence-corrected chi connectivity index (χ2v) is 6.40. The molecule has 0 aliphatic heterocycles. The fraction of sp³-hybridized carbons (Fsp3) is 0.278. The summed E-state index contributed by atoms with van der Waals surface area (Å²) in [4.78, 5) is 0. The molecule has 1 heterocycles. The Kier molecular flexibility index (Phi) is 3.52. The summed E-state index contributed by atoms with van der Waals surface area (Å²) >= 11 is 0. The van der Waals surface area contributed by atoms with Gasteiger partial charge in [0, 0.05) is 23.2 Å². The average molecular weight is 279 g/mol. The molecular formula is C18H21N3. The highest BCUT2D eigenvalue weighted by atomic mass is 15.1. The minimum Gasteiger partial charge on any atom is -0.308 e. The van der Waals surface area contributed by atoms with Crippen LogP contribution in [0.4, 0.5) is 0 Å². The van der Waals surface area contributed by atoms with Crippen molar-refractivity contribution >= 4 is 10.8 Å². The molecule has 3 nitrogen and oxygen atoms in total. The number of aromatic nitrogens is 2. The van der Waals surface area contributed by atoms with Crippen molar-refractivity contribution in [2.24, 2.45) is 0 Å². The molecule has 0 bridgehead atoms. The van der Waals surface area contributed by atoms with Crippen molar-refractivity contribution in [2.45, 2.75) is 32.9 Å². The van der Waals surface area contributed by atoms with Gasteiger partial charge in [0.15, 0.2) is 0 Å². The lowest BCUT2D eigenvalue weighted by molar-refractivity contribution is 0.424. The van der Waals surface area contributed by atoms with E-state index in [1.54, 1.807) is 0 Å². The van der Waals surface area contributed by atoms with Crippen LogP contribution in [-0.4, -0.2) is 15.7 Å². The Balaban J connectivity index is 2.02. The second kappa shape index (κ2) is 5.34. The number of benzene rings is 2. The summed E-state index contributed by atoms with van der Waals surface area (Å²) in [6.45, 7) is 7.32. The van der Waals surface area contributed by atoms with Gasteiger partial charge in [-0.3, -0.25) is 5.10 Å². The first kappa shape index (κ1) is 13.8. The van der Waals surface area contributed by atoms with Crippen molar-refractivity contribution in [3.63, 3.8) is 0 Å². The quantitative estimate of drug-likeness (QED) is 0.757. The van der Waals surface area contributed by atoms with E-state index in [0.29, 0.717) is 0 Å². The van der Waals surface area contributed by atoms with Gasteiger partial charge < -0.3 is 5.32 Å². The highest BCUT2D eigenvalue weighted by Crippen LogP contribution is 2.29. The molecule has 21 heavy (non-hydrogen) atoms. The van der Waals surface area contributed by atoms with Crippen LogP contribution in [0.3, 0.4) is 0 Å². The zero-order valence-electron chi connectivity index (χ0n) is 12.8. The summed E-state index contributed by atoms with van der Waals surface area (Å²) in [6, 6.07) is 14.8. The summed E-state index contributed by atoms with van der Waals surface area (Å²) in [5.41, 5.74) is 3.59. The maximum Gasteiger partial charge on any atom is 0.0701 e. The van der Waals surface area contributed by atoms with Crippen LogP contribution in [0.2, 0.25) is 0 Å². The van der Waals surface area contributed by atoms with Gasteiger partial charge in [0.2, 0.25) is 0 Å². The van der Waals surface area contributed by atoms with Crippen LogP contribution in [0.1, 0.15) is 26.3 Å². The van der Waals surface area contributed by atoms with Gasteiger partial charge in [0.1, 0.15) is 0 Å². The highest BCUT2D eigenvalue weighted by molar-refractivity contribution is 5.96. The third-order valence-corrected chi connectivity index (χ3v) is 3.59.